The normalized spacial score (nSPS) is 12.5. The first-order valence-corrected chi connectivity index (χ1v) is 13.9. The quantitative estimate of drug-likeness (QED) is 0.0981. The maximum absolute atomic E-state index is 10.5. The monoisotopic (exact) mass is 473 g/mol. The van der Waals surface area contributed by atoms with Crippen molar-refractivity contribution in [1.82, 2.24) is 4.90 Å². The first kappa shape index (κ1) is 32.3. The first-order chi connectivity index (χ1) is 16.1. The minimum atomic E-state index is -0.701. The van der Waals surface area contributed by atoms with Crippen molar-refractivity contribution in [2.75, 3.05) is 32.8 Å². The van der Waals surface area contributed by atoms with Crippen molar-refractivity contribution in [2.45, 2.75) is 135 Å². The molecule has 0 fully saturated rings. The number of ether oxygens (including phenoxy) is 1. The minimum absolute atomic E-state index is 0.204. The van der Waals surface area contributed by atoms with Crippen LogP contribution in [-0.4, -0.2) is 65.3 Å². The molecule has 33 heavy (non-hydrogen) atoms. The second-order valence-corrected chi connectivity index (χ2v) is 9.48. The van der Waals surface area contributed by atoms with Crippen LogP contribution in [0.3, 0.4) is 0 Å². The van der Waals surface area contributed by atoms with Crippen LogP contribution >= 0.6 is 0 Å². The molecule has 0 aromatic rings. The molecule has 0 saturated heterocycles. The molecule has 1 atom stereocenters. The zero-order chi connectivity index (χ0) is 24.4. The molecule has 0 radical (unpaired) electrons. The van der Waals surface area contributed by atoms with Gasteiger partial charge in [-0.05, 0) is 51.6 Å². The largest absolute Gasteiger partial charge is 0.481 e. The number of unbranched alkanes of at least 4 members (excludes halogenated alkanes) is 14. The maximum atomic E-state index is 10.5. The molecule has 0 aromatic heterocycles. The summed E-state index contributed by atoms with van der Waals surface area (Å²) >= 11 is 0. The van der Waals surface area contributed by atoms with Gasteiger partial charge in [-0.2, -0.15) is 0 Å². The fourth-order valence-corrected chi connectivity index (χ4v) is 4.17. The van der Waals surface area contributed by atoms with Gasteiger partial charge in [0.15, 0.2) is 6.29 Å². The minimum Gasteiger partial charge on any atom is -0.481 e. The van der Waals surface area contributed by atoms with Gasteiger partial charge in [0.2, 0.25) is 0 Å². The van der Waals surface area contributed by atoms with E-state index in [0.717, 1.165) is 83.8 Å². The molecule has 6 nitrogen and oxygen atoms in total. The lowest BCUT2D eigenvalue weighted by Gasteiger charge is -2.21. The van der Waals surface area contributed by atoms with Crippen LogP contribution in [0, 0.1) is 0 Å². The Morgan fingerprint density at radius 3 is 1.82 bits per heavy atom. The molecule has 0 amide bonds. The summed E-state index contributed by atoms with van der Waals surface area (Å²) in [6.45, 7) is 5.91. The standard InChI is InChI=1S/C27H55NO5/c1-2-3-4-5-6-13-18-25-33-27(32)20-15-10-8-12-17-22-28(23-24-29)21-16-11-7-9-14-19-26(30)31/h27,29,32H,2-25H2,1H3,(H,30,31). The Bertz CT molecular complexity index is 408. The van der Waals surface area contributed by atoms with E-state index in [1.165, 1.54) is 51.4 Å². The summed E-state index contributed by atoms with van der Waals surface area (Å²) in [5, 5.41) is 27.9. The summed E-state index contributed by atoms with van der Waals surface area (Å²) in [4.78, 5) is 12.9. The summed E-state index contributed by atoms with van der Waals surface area (Å²) in [6.07, 6.45) is 20.0. The molecule has 0 bridgehead atoms. The summed E-state index contributed by atoms with van der Waals surface area (Å²) in [5.41, 5.74) is 0. The highest BCUT2D eigenvalue weighted by Crippen LogP contribution is 2.12. The Balaban J connectivity index is 3.49. The Labute approximate surface area is 204 Å². The zero-order valence-electron chi connectivity index (χ0n) is 21.7. The number of nitrogens with zero attached hydrogens (tertiary/aromatic N) is 1. The molecular formula is C27H55NO5. The first-order valence-electron chi connectivity index (χ1n) is 13.9. The molecule has 0 aliphatic rings. The number of aliphatic carboxylic acids is 1. The summed E-state index contributed by atoms with van der Waals surface area (Å²) in [5.74, 6) is -0.701. The Hall–Kier alpha value is -0.690. The van der Waals surface area contributed by atoms with E-state index >= 15 is 0 Å². The average Bonchev–Trinajstić information content (AvgIpc) is 2.79. The SMILES string of the molecule is CCCCCCCCCOC(O)CCCCCCCN(CCO)CCCCCCCC(=O)O. The topological polar surface area (TPSA) is 90.2 Å². The van der Waals surface area contributed by atoms with Crippen molar-refractivity contribution >= 4 is 5.97 Å². The van der Waals surface area contributed by atoms with Crippen LogP contribution in [0.25, 0.3) is 0 Å². The third kappa shape index (κ3) is 25.8. The third-order valence-electron chi connectivity index (χ3n) is 6.26. The van der Waals surface area contributed by atoms with Crippen molar-refractivity contribution < 1.29 is 24.9 Å². The van der Waals surface area contributed by atoms with Gasteiger partial charge in [0.25, 0.3) is 0 Å². The predicted molar refractivity (Wildman–Crippen MR) is 137 cm³/mol. The second-order valence-electron chi connectivity index (χ2n) is 9.48. The molecule has 0 spiro atoms. The zero-order valence-corrected chi connectivity index (χ0v) is 21.7. The van der Waals surface area contributed by atoms with Crippen molar-refractivity contribution in [1.29, 1.82) is 0 Å². The van der Waals surface area contributed by atoms with Crippen LogP contribution in [0.15, 0.2) is 0 Å². The number of aliphatic hydroxyl groups excluding tert-OH is 2. The van der Waals surface area contributed by atoms with Gasteiger partial charge in [-0.15, -0.1) is 0 Å². The molecule has 0 aliphatic heterocycles. The fraction of sp³-hybridized carbons (Fsp3) is 0.963. The molecule has 0 heterocycles. The van der Waals surface area contributed by atoms with E-state index in [4.69, 9.17) is 9.84 Å². The number of rotatable bonds is 27. The summed E-state index contributed by atoms with van der Waals surface area (Å²) in [6, 6.07) is 0. The van der Waals surface area contributed by atoms with Gasteiger partial charge in [-0.3, -0.25) is 4.79 Å². The van der Waals surface area contributed by atoms with E-state index in [-0.39, 0.29) is 13.0 Å². The number of carboxylic acid groups (broad SMARTS) is 1. The van der Waals surface area contributed by atoms with Crippen molar-refractivity contribution in [2.24, 2.45) is 0 Å². The predicted octanol–water partition coefficient (Wildman–Crippen LogP) is 6.13. The smallest absolute Gasteiger partial charge is 0.303 e. The van der Waals surface area contributed by atoms with Gasteiger partial charge in [0.1, 0.15) is 0 Å². The number of aliphatic hydroxyl groups is 2. The summed E-state index contributed by atoms with van der Waals surface area (Å²) < 4.78 is 5.53. The van der Waals surface area contributed by atoms with Crippen molar-refractivity contribution in [3.05, 3.63) is 0 Å². The molecule has 6 heteroatoms. The van der Waals surface area contributed by atoms with E-state index in [2.05, 4.69) is 11.8 Å². The maximum Gasteiger partial charge on any atom is 0.303 e. The van der Waals surface area contributed by atoms with Gasteiger partial charge in [-0.25, -0.2) is 0 Å². The Kier molecular flexibility index (Phi) is 25.4. The van der Waals surface area contributed by atoms with Crippen molar-refractivity contribution in [3.8, 4) is 0 Å². The van der Waals surface area contributed by atoms with Crippen LogP contribution in [0.4, 0.5) is 0 Å². The lowest BCUT2D eigenvalue weighted by Crippen LogP contribution is -2.29. The van der Waals surface area contributed by atoms with Crippen LogP contribution in [0.2, 0.25) is 0 Å². The lowest BCUT2D eigenvalue weighted by atomic mass is 10.1. The van der Waals surface area contributed by atoms with Gasteiger partial charge >= 0.3 is 5.97 Å². The van der Waals surface area contributed by atoms with E-state index < -0.39 is 12.3 Å². The van der Waals surface area contributed by atoms with Crippen LogP contribution in [0.5, 0.6) is 0 Å². The molecule has 0 rings (SSSR count). The van der Waals surface area contributed by atoms with Crippen molar-refractivity contribution in [3.63, 3.8) is 0 Å². The molecule has 0 saturated carbocycles. The van der Waals surface area contributed by atoms with Gasteiger partial charge in [0, 0.05) is 19.6 Å². The molecule has 0 aromatic carbocycles. The molecule has 198 valence electrons. The lowest BCUT2D eigenvalue weighted by molar-refractivity contribution is -0.137. The highest BCUT2D eigenvalue weighted by Gasteiger charge is 2.06. The Morgan fingerprint density at radius 1 is 0.727 bits per heavy atom. The number of carbonyl (C=O) groups is 1. The number of hydrogen-bond acceptors (Lipinski definition) is 5. The van der Waals surface area contributed by atoms with Crippen LogP contribution < -0.4 is 0 Å². The highest BCUT2D eigenvalue weighted by molar-refractivity contribution is 5.66. The van der Waals surface area contributed by atoms with Crippen LogP contribution in [0.1, 0.15) is 129 Å². The average molecular weight is 474 g/mol. The van der Waals surface area contributed by atoms with Gasteiger partial charge < -0.3 is 25.0 Å². The second kappa shape index (κ2) is 25.9. The third-order valence-corrected chi connectivity index (χ3v) is 6.26. The van der Waals surface area contributed by atoms with Gasteiger partial charge in [-0.1, -0.05) is 84.0 Å². The summed E-state index contributed by atoms with van der Waals surface area (Å²) in [7, 11) is 0. The van der Waals surface area contributed by atoms with Gasteiger partial charge in [0.05, 0.1) is 6.61 Å². The van der Waals surface area contributed by atoms with Crippen LogP contribution in [-0.2, 0) is 9.53 Å². The highest BCUT2D eigenvalue weighted by atomic mass is 16.6. The van der Waals surface area contributed by atoms with E-state index in [0.29, 0.717) is 6.61 Å². The van der Waals surface area contributed by atoms with E-state index in [9.17, 15) is 15.0 Å². The molecular weight excluding hydrogens is 418 g/mol. The fourth-order valence-electron chi connectivity index (χ4n) is 4.17. The number of carboxylic acids is 1. The Morgan fingerprint density at radius 2 is 1.24 bits per heavy atom. The molecule has 1 unspecified atom stereocenters. The molecule has 0 aliphatic carbocycles. The van der Waals surface area contributed by atoms with E-state index in [1.54, 1.807) is 0 Å². The molecule has 3 N–H and O–H groups in total. The number of hydrogen-bond donors (Lipinski definition) is 3. The van der Waals surface area contributed by atoms with E-state index in [1.807, 2.05) is 0 Å².